The maximum Gasteiger partial charge on any atom is 0.340 e. The van der Waals surface area contributed by atoms with Crippen LogP contribution in [0.2, 0.25) is 0 Å². The smallest absolute Gasteiger partial charge is 0.340 e. The molecule has 0 fully saturated rings. The molecule has 2 aromatic rings. The molecule has 0 aromatic heterocycles. The fraction of sp³-hybridized carbons (Fsp3) is 0.217. The van der Waals surface area contributed by atoms with Crippen LogP contribution in [0.25, 0.3) is 5.57 Å². The lowest BCUT2D eigenvalue weighted by Crippen LogP contribution is -2.10. The largest absolute Gasteiger partial charge is 0.465 e. The van der Waals surface area contributed by atoms with Gasteiger partial charge < -0.3 is 15.8 Å². The molecule has 3 N–H and O–H groups in total. The molecule has 0 aliphatic heterocycles. The fourth-order valence-corrected chi connectivity index (χ4v) is 2.91. The lowest BCUT2D eigenvalue weighted by Gasteiger charge is -2.14. The molecule has 2 aromatic carbocycles. The molecule has 0 aliphatic carbocycles. The number of ether oxygens (including phenoxy) is 1. The molecule has 5 nitrogen and oxygen atoms in total. The number of anilines is 2. The SMILES string of the molecule is C/C=C(C#N)\C(=C/CC)c1ccc(CNc2c(N)cccc2C(=O)OC)cc1. The Hall–Kier alpha value is -3.52. The summed E-state index contributed by atoms with van der Waals surface area (Å²) in [4.78, 5) is 11.9. The summed E-state index contributed by atoms with van der Waals surface area (Å²) in [6.45, 7) is 4.41. The third-order valence-electron chi connectivity index (χ3n) is 4.34. The number of nitrogen functional groups attached to an aromatic ring is 1. The standard InChI is InChI=1S/C23H25N3O2/c1-4-7-19(17(5-2)14-24)18-12-10-16(11-13-18)15-26-22-20(23(27)28-3)8-6-9-21(22)25/h5-13,26H,4,15,25H2,1-3H3/b17-5-,19-7+. The second kappa shape index (κ2) is 9.98. The number of nitriles is 1. The van der Waals surface area contributed by atoms with Crippen molar-refractivity contribution in [1.29, 1.82) is 5.26 Å². The molecule has 0 unspecified atom stereocenters. The topological polar surface area (TPSA) is 88.1 Å². The maximum absolute atomic E-state index is 11.9. The predicted molar refractivity (Wildman–Crippen MR) is 114 cm³/mol. The van der Waals surface area contributed by atoms with Gasteiger partial charge in [0.15, 0.2) is 0 Å². The number of methoxy groups -OCH3 is 1. The summed E-state index contributed by atoms with van der Waals surface area (Å²) < 4.78 is 4.82. The molecule has 28 heavy (non-hydrogen) atoms. The highest BCUT2D eigenvalue weighted by atomic mass is 16.5. The summed E-state index contributed by atoms with van der Waals surface area (Å²) in [6.07, 6.45) is 4.73. The zero-order chi connectivity index (χ0) is 20.5. The van der Waals surface area contributed by atoms with Crippen molar-refractivity contribution in [3.63, 3.8) is 0 Å². The Balaban J connectivity index is 2.22. The van der Waals surface area contributed by atoms with Crippen molar-refractivity contribution in [2.45, 2.75) is 26.8 Å². The predicted octanol–water partition coefficient (Wildman–Crippen LogP) is 4.93. The molecule has 0 amide bonds. The second-order valence-electron chi connectivity index (χ2n) is 6.15. The van der Waals surface area contributed by atoms with Gasteiger partial charge in [0.2, 0.25) is 0 Å². The minimum atomic E-state index is -0.435. The van der Waals surface area contributed by atoms with Crippen molar-refractivity contribution in [3.05, 3.63) is 76.9 Å². The third-order valence-corrected chi connectivity index (χ3v) is 4.34. The molecule has 0 radical (unpaired) electrons. The molecule has 0 bridgehead atoms. The Morgan fingerprint density at radius 2 is 1.96 bits per heavy atom. The van der Waals surface area contributed by atoms with Gasteiger partial charge in [-0.2, -0.15) is 5.26 Å². The summed E-state index contributed by atoms with van der Waals surface area (Å²) in [5.41, 5.74) is 11.1. The molecular formula is C23H25N3O2. The number of rotatable bonds is 7. The average molecular weight is 375 g/mol. The van der Waals surface area contributed by atoms with Crippen LogP contribution in [-0.4, -0.2) is 13.1 Å². The summed E-state index contributed by atoms with van der Waals surface area (Å²) in [5.74, 6) is -0.435. The number of carbonyl (C=O) groups is 1. The third kappa shape index (κ3) is 4.80. The summed E-state index contributed by atoms with van der Waals surface area (Å²) in [7, 11) is 1.34. The van der Waals surface area contributed by atoms with Gasteiger partial charge >= 0.3 is 5.97 Å². The van der Waals surface area contributed by atoms with E-state index in [9.17, 15) is 10.1 Å². The summed E-state index contributed by atoms with van der Waals surface area (Å²) >= 11 is 0. The molecule has 0 aliphatic rings. The van der Waals surface area contributed by atoms with Crippen molar-refractivity contribution in [3.8, 4) is 6.07 Å². The molecule has 0 saturated heterocycles. The first-order valence-corrected chi connectivity index (χ1v) is 9.12. The number of nitrogens with zero attached hydrogens (tertiary/aromatic N) is 1. The number of esters is 1. The van der Waals surface area contributed by atoms with E-state index in [0.717, 1.165) is 23.1 Å². The van der Waals surface area contributed by atoms with Crippen molar-refractivity contribution in [1.82, 2.24) is 0 Å². The maximum atomic E-state index is 11.9. The number of para-hydroxylation sites is 1. The Kier molecular flexibility index (Phi) is 7.41. The van der Waals surface area contributed by atoms with E-state index in [0.29, 0.717) is 29.1 Å². The lowest BCUT2D eigenvalue weighted by molar-refractivity contribution is 0.0602. The number of hydrogen-bond donors (Lipinski definition) is 2. The van der Waals surface area contributed by atoms with Crippen LogP contribution in [0.15, 0.2) is 60.2 Å². The van der Waals surface area contributed by atoms with E-state index in [1.165, 1.54) is 7.11 Å². The molecule has 0 heterocycles. The lowest BCUT2D eigenvalue weighted by atomic mass is 9.96. The Morgan fingerprint density at radius 1 is 1.25 bits per heavy atom. The quantitative estimate of drug-likeness (QED) is 0.310. The van der Waals surface area contributed by atoms with Crippen molar-refractivity contribution < 1.29 is 9.53 Å². The van der Waals surface area contributed by atoms with Crippen molar-refractivity contribution >= 4 is 22.9 Å². The van der Waals surface area contributed by atoms with Gasteiger partial charge in [0.25, 0.3) is 0 Å². The zero-order valence-corrected chi connectivity index (χ0v) is 16.5. The minimum Gasteiger partial charge on any atom is -0.465 e. The number of benzene rings is 2. The number of nitrogens with one attached hydrogen (secondary N) is 1. The Bertz CT molecular complexity index is 935. The minimum absolute atomic E-state index is 0.402. The molecule has 5 heteroatoms. The molecule has 0 saturated carbocycles. The Labute approximate surface area is 166 Å². The summed E-state index contributed by atoms with van der Waals surface area (Å²) in [6, 6.07) is 15.4. The van der Waals surface area contributed by atoms with E-state index in [2.05, 4.69) is 17.5 Å². The Morgan fingerprint density at radius 3 is 2.54 bits per heavy atom. The van der Waals surface area contributed by atoms with Gasteiger partial charge in [0.05, 0.1) is 35.7 Å². The normalized spacial score (nSPS) is 11.6. The van der Waals surface area contributed by atoms with Gasteiger partial charge in [-0.3, -0.25) is 0 Å². The van der Waals surface area contributed by atoms with Crippen molar-refractivity contribution in [2.75, 3.05) is 18.2 Å². The van der Waals surface area contributed by atoms with Crippen LogP contribution in [-0.2, 0) is 11.3 Å². The second-order valence-corrected chi connectivity index (χ2v) is 6.15. The van der Waals surface area contributed by atoms with Crippen LogP contribution >= 0.6 is 0 Å². The fourth-order valence-electron chi connectivity index (χ4n) is 2.91. The van der Waals surface area contributed by atoms with E-state index in [1.807, 2.05) is 44.2 Å². The average Bonchev–Trinajstić information content (AvgIpc) is 2.72. The number of hydrogen-bond acceptors (Lipinski definition) is 5. The van der Waals surface area contributed by atoms with Crippen LogP contribution in [0.5, 0.6) is 0 Å². The van der Waals surface area contributed by atoms with Crippen LogP contribution < -0.4 is 11.1 Å². The van der Waals surface area contributed by atoms with Gasteiger partial charge in [0, 0.05) is 6.54 Å². The molecular weight excluding hydrogens is 350 g/mol. The number of allylic oxidation sites excluding steroid dienone is 4. The first kappa shape index (κ1) is 20.8. The first-order chi connectivity index (χ1) is 13.5. The van der Waals surface area contributed by atoms with Gasteiger partial charge in [-0.25, -0.2) is 4.79 Å². The molecule has 0 spiro atoms. The molecule has 0 atom stereocenters. The van der Waals surface area contributed by atoms with E-state index in [4.69, 9.17) is 10.5 Å². The highest BCUT2D eigenvalue weighted by molar-refractivity contribution is 5.98. The number of nitrogens with two attached hydrogens (primary N) is 1. The van der Waals surface area contributed by atoms with Crippen molar-refractivity contribution in [2.24, 2.45) is 0 Å². The van der Waals surface area contributed by atoms with Gasteiger partial charge in [-0.15, -0.1) is 0 Å². The van der Waals surface area contributed by atoms with Gasteiger partial charge in [-0.1, -0.05) is 49.4 Å². The molecule has 144 valence electrons. The zero-order valence-electron chi connectivity index (χ0n) is 16.5. The van der Waals surface area contributed by atoms with Crippen LogP contribution in [0.1, 0.15) is 41.8 Å². The number of carbonyl (C=O) groups excluding carboxylic acids is 1. The van der Waals surface area contributed by atoms with E-state index in [1.54, 1.807) is 18.2 Å². The van der Waals surface area contributed by atoms with Crippen LogP contribution in [0, 0.1) is 11.3 Å². The monoisotopic (exact) mass is 375 g/mol. The van der Waals surface area contributed by atoms with Crippen LogP contribution in [0.3, 0.4) is 0 Å². The summed E-state index contributed by atoms with van der Waals surface area (Å²) in [5, 5.41) is 12.6. The van der Waals surface area contributed by atoms with Crippen LogP contribution in [0.4, 0.5) is 11.4 Å². The van der Waals surface area contributed by atoms with E-state index >= 15 is 0 Å². The van der Waals surface area contributed by atoms with E-state index < -0.39 is 5.97 Å². The first-order valence-electron chi connectivity index (χ1n) is 9.12. The highest BCUT2D eigenvalue weighted by Gasteiger charge is 2.14. The molecule has 2 rings (SSSR count). The van der Waals surface area contributed by atoms with E-state index in [-0.39, 0.29) is 0 Å². The van der Waals surface area contributed by atoms with Gasteiger partial charge in [0.1, 0.15) is 0 Å². The highest BCUT2D eigenvalue weighted by Crippen LogP contribution is 2.26. The van der Waals surface area contributed by atoms with Gasteiger partial charge in [-0.05, 0) is 42.2 Å².